The normalized spacial score (nSPS) is 6.57. The number of hydrogen-bond donors (Lipinski definition) is 0. The van der Waals surface area contributed by atoms with Crippen LogP contribution in [0.25, 0.3) is 4.98 Å². The van der Waals surface area contributed by atoms with E-state index in [2.05, 4.69) is 198 Å². The molecule has 0 N–H and O–H groups in total. The third-order valence-electron chi connectivity index (χ3n) is 0. The van der Waals surface area contributed by atoms with Gasteiger partial charge in [-0.05, 0) is 10.9 Å². The minimum absolute atomic E-state index is 0. The molecular weight excluding hydrogens is 1040 g/mol. The molecule has 0 aromatic carbocycles. The van der Waals surface area contributed by atoms with Crippen LogP contribution in [0.2, 0.25) is 23.3 Å². The Bertz CT molecular complexity index is 557. The molecular formula is C45H129IN4O2P2S2Se2+14. The van der Waals surface area contributed by atoms with Crippen LogP contribution in [0.15, 0.2) is 6.58 Å². The SMILES string of the molecule is C.C.C.C.C.C.C=[C+]C.C=[N+](C)C.C=[O+]C.C=[P+](C)C.C=[S+]C.C=[Se+]C.C[C+](C)C.C[I+]C.C[N+]#N.C[N+](C)(C)C.C[O+](C)C.C[P+](C)(C)C.C[S+](C)C.C[Se+](C)C. The van der Waals surface area contributed by atoms with E-state index in [1.165, 1.54) is 31.4 Å². The summed E-state index contributed by atoms with van der Waals surface area (Å²) in [4.78, 5) is 6.97. The summed E-state index contributed by atoms with van der Waals surface area (Å²) in [5.41, 5.74) is 3.55. The quantitative estimate of drug-likeness (QED) is 0.0204. The maximum absolute atomic E-state index is 7.19. The molecule has 0 aliphatic heterocycles. The molecule has 0 aliphatic rings. The summed E-state index contributed by atoms with van der Waals surface area (Å²) in [5.74, 6) is 13.8. The van der Waals surface area contributed by atoms with Crippen LogP contribution in [0.1, 0.15) is 72.3 Å². The van der Waals surface area contributed by atoms with Crippen LogP contribution >= 0.6 is 14.8 Å². The van der Waals surface area contributed by atoms with Crippen LogP contribution < -0.4 is 21.2 Å². The third-order valence-corrected chi connectivity index (χ3v) is 0. The molecule has 368 valence electrons. The van der Waals surface area contributed by atoms with E-state index >= 15 is 0 Å². The van der Waals surface area contributed by atoms with E-state index in [-0.39, 0.29) is 73.3 Å². The molecule has 0 atom stereocenters. The van der Waals surface area contributed by atoms with Gasteiger partial charge in [-0.25, -0.2) is 4.58 Å². The van der Waals surface area contributed by atoms with Gasteiger partial charge < -0.3 is 8.85 Å². The van der Waals surface area contributed by atoms with Crippen molar-refractivity contribution in [2.45, 2.75) is 95.5 Å². The Morgan fingerprint density at radius 3 is 0.914 bits per heavy atom. The second-order valence-corrected chi connectivity index (χ2v) is 33.6. The molecule has 0 fully saturated rings. The van der Waals surface area contributed by atoms with Gasteiger partial charge in [0.1, 0.15) is 63.6 Å². The second-order valence-electron chi connectivity index (χ2n) is 14.5. The summed E-state index contributed by atoms with van der Waals surface area (Å²) >= 11 is 2.67. The summed E-state index contributed by atoms with van der Waals surface area (Å²) in [7, 11) is 21.2. The van der Waals surface area contributed by atoms with Gasteiger partial charge in [-0.1, -0.05) is 44.6 Å². The number of allylic oxidation sites excluding steroid dienone is 1. The van der Waals surface area contributed by atoms with Crippen molar-refractivity contribution in [1.29, 1.82) is 5.39 Å². The first kappa shape index (κ1) is 130. The van der Waals surface area contributed by atoms with Crippen molar-refractivity contribution in [3.05, 3.63) is 23.5 Å². The number of hydrogen-bond acceptors (Lipinski definition) is 1. The zero-order chi connectivity index (χ0) is 46.7. The molecule has 0 saturated heterocycles. The summed E-state index contributed by atoms with van der Waals surface area (Å²) in [6.07, 6.45) is 14.7. The second kappa shape index (κ2) is 138. The number of rotatable bonds is 0. The Hall–Kier alpha value is 0.879. The van der Waals surface area contributed by atoms with Crippen LogP contribution in [0.4, 0.5) is 0 Å². The molecule has 0 amide bonds. The summed E-state index contributed by atoms with van der Waals surface area (Å²) in [6.45, 7) is 31.1. The molecule has 0 spiro atoms. The Kier molecular flexibility index (Phi) is 310. The standard InChI is InChI=1S/C4H12N.C4H12P.C4H9.C3H8N.C3H9O.C3H8P.C3H9S.C3H9Se.C3H5.C2H6I.C2H5O.C2H5S.C2H5Se.CH3N2.6CH4/c2*1-5(2,3)4;6*1-4(2)3;6*1-3-2;;;;;;/h2*1-4H3;1-3H3;1H2,2-3H3;1-3H3;1H2,2-3H3;2*1-3H3;1H2,2H3;1-2H3;3*1H2,2H3;1H3;6*1H4/q14*+1;;;;;;. The third kappa shape index (κ3) is 230000. The summed E-state index contributed by atoms with van der Waals surface area (Å²) in [5, 5.41) is 7.19. The van der Waals surface area contributed by atoms with Gasteiger partial charge in [-0.15, -0.1) is 0 Å². The van der Waals surface area contributed by atoms with E-state index < -0.39 is 0 Å². The molecule has 0 heterocycles. The van der Waals surface area contributed by atoms with Crippen LogP contribution in [-0.2, 0) is 31.0 Å². The van der Waals surface area contributed by atoms with Gasteiger partial charge in [0.05, 0.1) is 101 Å². The molecule has 6 nitrogen and oxygen atoms in total. The van der Waals surface area contributed by atoms with Crippen LogP contribution in [0.3, 0.4) is 0 Å². The van der Waals surface area contributed by atoms with Gasteiger partial charge in [0.15, 0.2) is 30.4 Å². The average molecular weight is 1170 g/mol. The number of carbonyl (C=O) groups excluding carboxylic acids is 1. The number of diazo groups is 1. The van der Waals surface area contributed by atoms with Gasteiger partial charge in [0.25, 0.3) is 42.2 Å². The average Bonchev–Trinajstić information content (AvgIpc) is 2.77. The molecule has 0 aromatic heterocycles. The van der Waals surface area contributed by atoms with Gasteiger partial charge in [0, 0.05) is 33.9 Å². The van der Waals surface area contributed by atoms with Crippen LogP contribution in [-0.4, -0.2) is 221 Å². The van der Waals surface area contributed by atoms with Gasteiger partial charge >= 0.3 is 57.1 Å². The molecule has 0 unspecified atom stereocenters. The first-order chi connectivity index (χ1) is 22.9. The van der Waals surface area contributed by atoms with E-state index in [0.717, 1.165) is 4.48 Å². The van der Waals surface area contributed by atoms with Crippen molar-refractivity contribution in [2.24, 2.45) is 0 Å². The van der Waals surface area contributed by atoms with E-state index in [1.54, 1.807) is 11.5 Å². The molecule has 13 heteroatoms. The molecule has 0 radical (unpaired) electrons. The Labute approximate surface area is 409 Å². The Morgan fingerprint density at radius 2 is 0.914 bits per heavy atom. The van der Waals surface area contributed by atoms with E-state index in [0.29, 0.717) is 46.6 Å². The first-order valence-electron chi connectivity index (χ1n) is 15.5. The van der Waals surface area contributed by atoms with Crippen molar-refractivity contribution >= 4 is 96.6 Å². The zero-order valence-electron chi connectivity index (χ0n) is 41.8. The number of halogens is 1. The zero-order valence-corrected chi connectivity index (χ0v) is 50.8. The summed E-state index contributed by atoms with van der Waals surface area (Å²) < 4.78 is 9.33. The fourth-order valence-electron chi connectivity index (χ4n) is 0. The monoisotopic (exact) mass is 1170 g/mol. The topological polar surface area (TPSA) is 45.2 Å². The van der Waals surface area contributed by atoms with Crippen molar-refractivity contribution in [3.63, 3.8) is 0 Å². The summed E-state index contributed by atoms with van der Waals surface area (Å²) in [6, 6.07) is 0. The molecule has 58 heavy (non-hydrogen) atoms. The van der Waals surface area contributed by atoms with E-state index in [9.17, 15) is 0 Å². The number of nitrogens with zero attached hydrogens (tertiary/aromatic N) is 4. The van der Waals surface area contributed by atoms with Gasteiger partial charge in [0.2, 0.25) is 11.5 Å². The van der Waals surface area contributed by atoms with Gasteiger partial charge in [-0.2, -0.15) is 0 Å². The fourth-order valence-corrected chi connectivity index (χ4v) is 0. The number of quaternary nitrogens is 1. The number of alkyl halides is 2. The van der Waals surface area contributed by atoms with Crippen molar-refractivity contribution in [1.82, 2.24) is 0 Å². The molecule has 0 saturated carbocycles. The van der Waals surface area contributed by atoms with Crippen LogP contribution in [0.5, 0.6) is 0 Å². The molecule has 0 bridgehead atoms. The van der Waals surface area contributed by atoms with E-state index in [4.69, 9.17) is 5.39 Å². The maximum atomic E-state index is 7.19. The molecule has 0 rings (SSSR count). The Morgan fingerprint density at radius 1 is 0.914 bits per heavy atom. The Balaban J connectivity index is -0.0000000148. The van der Waals surface area contributed by atoms with E-state index in [1.807, 2.05) is 41.7 Å². The van der Waals surface area contributed by atoms with Crippen molar-refractivity contribution in [2.75, 3.05) is 153 Å². The molecule has 0 aliphatic carbocycles. The fraction of sp³-hybridized carbons (Fsp3) is 0.822. The van der Waals surface area contributed by atoms with Gasteiger partial charge in [-0.3, -0.25) is 4.42 Å². The van der Waals surface area contributed by atoms with Crippen molar-refractivity contribution < 1.29 is 39.1 Å². The van der Waals surface area contributed by atoms with Crippen molar-refractivity contribution in [3.8, 4) is 0 Å². The predicted octanol–water partition coefficient (Wildman–Crippen LogP) is 9.78. The minimum atomic E-state index is -0.389. The molecule has 0 aromatic rings. The first-order valence-corrected chi connectivity index (χ1v) is 37.7. The predicted molar refractivity (Wildman–Crippen MR) is 317 cm³/mol. The van der Waals surface area contributed by atoms with Crippen LogP contribution in [0, 0.1) is 17.4 Å².